The lowest BCUT2D eigenvalue weighted by atomic mass is 10.0. The Bertz CT molecular complexity index is 614. The van der Waals surface area contributed by atoms with Crippen molar-refractivity contribution in [2.75, 3.05) is 13.2 Å². The van der Waals surface area contributed by atoms with Gasteiger partial charge >= 0.3 is 0 Å². The molecule has 0 aliphatic heterocycles. The number of β-amino-alcohol motifs (C(OH)–C–C–N with tert-alkyl or cyclic N) is 1. The van der Waals surface area contributed by atoms with Crippen LogP contribution in [0.2, 0.25) is 0 Å². The first-order chi connectivity index (χ1) is 11.4. The maximum Gasteiger partial charge on any atom is 0.127 e. The fourth-order valence-electron chi connectivity index (χ4n) is 2.46. The van der Waals surface area contributed by atoms with E-state index in [-0.39, 0.29) is 12.1 Å². The molecular weight excluding hydrogens is 302 g/mol. The van der Waals surface area contributed by atoms with Crippen molar-refractivity contribution in [1.29, 1.82) is 0 Å². The lowest BCUT2D eigenvalue weighted by Gasteiger charge is -2.23. The van der Waals surface area contributed by atoms with Gasteiger partial charge in [0.15, 0.2) is 0 Å². The minimum absolute atomic E-state index is 0.0231. The summed E-state index contributed by atoms with van der Waals surface area (Å²) in [6, 6.07) is 8.14. The predicted molar refractivity (Wildman–Crippen MR) is 97.4 cm³/mol. The summed E-state index contributed by atoms with van der Waals surface area (Å²) in [5.41, 5.74) is 3.25. The van der Waals surface area contributed by atoms with Crippen LogP contribution in [0, 0.1) is 0 Å². The summed E-state index contributed by atoms with van der Waals surface area (Å²) in [6.07, 6.45) is 4.95. The summed E-state index contributed by atoms with van der Waals surface area (Å²) >= 11 is 0. The Kier molecular flexibility index (Phi) is 6.46. The predicted octanol–water partition coefficient (Wildman–Crippen LogP) is 4.03. The van der Waals surface area contributed by atoms with Gasteiger partial charge in [-0.3, -0.25) is 0 Å². The molecule has 24 heavy (non-hydrogen) atoms. The Morgan fingerprint density at radius 1 is 1.25 bits per heavy atom. The van der Waals surface area contributed by atoms with Crippen molar-refractivity contribution in [3.05, 3.63) is 42.4 Å². The normalized spacial score (nSPS) is 13.0. The van der Waals surface area contributed by atoms with Gasteiger partial charge in [0.05, 0.1) is 12.5 Å². The van der Waals surface area contributed by atoms with Gasteiger partial charge in [0.2, 0.25) is 0 Å². The Hall–Kier alpha value is -1.78. The van der Waals surface area contributed by atoms with E-state index in [1.807, 2.05) is 12.1 Å². The number of hydrogen-bond donors (Lipinski definition) is 2. The van der Waals surface area contributed by atoms with Gasteiger partial charge in [0.1, 0.15) is 18.5 Å². The van der Waals surface area contributed by atoms with Gasteiger partial charge in [-0.15, -0.1) is 0 Å². The van der Waals surface area contributed by atoms with Crippen LogP contribution in [-0.2, 0) is 6.42 Å². The van der Waals surface area contributed by atoms with Crippen LogP contribution < -0.4 is 10.1 Å². The molecule has 132 valence electrons. The molecule has 1 aromatic heterocycles. The molecule has 0 aliphatic rings. The van der Waals surface area contributed by atoms with E-state index in [4.69, 9.17) is 9.15 Å². The molecule has 4 nitrogen and oxygen atoms in total. The largest absolute Gasteiger partial charge is 0.490 e. The zero-order chi connectivity index (χ0) is 17.6. The molecule has 1 aromatic carbocycles. The number of nitrogens with one attached hydrogen (secondary N) is 1. The third-order valence-electron chi connectivity index (χ3n) is 3.71. The molecule has 0 saturated carbocycles. The second kappa shape index (κ2) is 8.36. The molecule has 4 heteroatoms. The molecule has 0 spiro atoms. The molecule has 0 fully saturated rings. The zero-order valence-electron chi connectivity index (χ0n) is 15.1. The fraction of sp³-hybridized carbons (Fsp3) is 0.500. The standard InChI is InChI=1S/C20H29NO3/c1-5-6-15-7-8-19(18(11-15)16-9-10-23-13-16)24-14-17(22)12-21-20(2,3)4/h7-11,13,17,21-22H,5-6,12,14H2,1-4H3. The van der Waals surface area contributed by atoms with E-state index in [9.17, 15) is 5.11 Å². The van der Waals surface area contributed by atoms with Crippen LogP contribution in [0.5, 0.6) is 5.75 Å². The van der Waals surface area contributed by atoms with E-state index >= 15 is 0 Å². The van der Waals surface area contributed by atoms with Crippen molar-refractivity contribution in [3.8, 4) is 16.9 Å². The number of aliphatic hydroxyl groups is 1. The molecule has 0 bridgehead atoms. The van der Waals surface area contributed by atoms with E-state index in [1.165, 1.54) is 5.56 Å². The highest BCUT2D eigenvalue weighted by molar-refractivity contribution is 5.70. The number of hydrogen-bond acceptors (Lipinski definition) is 4. The first-order valence-corrected chi connectivity index (χ1v) is 8.60. The van der Waals surface area contributed by atoms with Crippen molar-refractivity contribution in [3.63, 3.8) is 0 Å². The minimum atomic E-state index is -0.559. The Balaban J connectivity index is 2.06. The van der Waals surface area contributed by atoms with Crippen LogP contribution in [0.1, 0.15) is 39.7 Å². The van der Waals surface area contributed by atoms with E-state index in [2.05, 4.69) is 45.1 Å². The molecule has 2 N–H and O–H groups in total. The molecular formula is C20H29NO3. The monoisotopic (exact) mass is 331 g/mol. The van der Waals surface area contributed by atoms with Crippen molar-refractivity contribution >= 4 is 0 Å². The first-order valence-electron chi connectivity index (χ1n) is 8.60. The van der Waals surface area contributed by atoms with Crippen LogP contribution in [0.3, 0.4) is 0 Å². The number of ether oxygens (including phenoxy) is 1. The quantitative estimate of drug-likeness (QED) is 0.767. The highest BCUT2D eigenvalue weighted by Gasteiger charge is 2.14. The average molecular weight is 331 g/mol. The number of aryl methyl sites for hydroxylation is 1. The maximum absolute atomic E-state index is 10.1. The van der Waals surface area contributed by atoms with E-state index in [0.29, 0.717) is 6.54 Å². The lowest BCUT2D eigenvalue weighted by Crippen LogP contribution is -2.42. The molecule has 0 radical (unpaired) electrons. The van der Waals surface area contributed by atoms with Gasteiger partial charge in [0.25, 0.3) is 0 Å². The molecule has 2 aromatic rings. The summed E-state index contributed by atoms with van der Waals surface area (Å²) in [6.45, 7) is 9.14. The van der Waals surface area contributed by atoms with Gasteiger partial charge in [-0.1, -0.05) is 19.4 Å². The number of rotatable bonds is 8. The summed E-state index contributed by atoms with van der Waals surface area (Å²) < 4.78 is 11.1. The molecule has 1 atom stereocenters. The van der Waals surface area contributed by atoms with E-state index < -0.39 is 6.10 Å². The van der Waals surface area contributed by atoms with Crippen molar-refractivity contribution in [2.45, 2.75) is 52.2 Å². The highest BCUT2D eigenvalue weighted by atomic mass is 16.5. The third-order valence-corrected chi connectivity index (χ3v) is 3.71. The molecule has 1 heterocycles. The minimum Gasteiger partial charge on any atom is -0.490 e. The number of aliphatic hydroxyl groups excluding tert-OH is 1. The van der Waals surface area contributed by atoms with Gasteiger partial charge in [-0.25, -0.2) is 0 Å². The molecule has 0 saturated heterocycles. The molecule has 0 aliphatic carbocycles. The third kappa shape index (κ3) is 5.69. The van der Waals surface area contributed by atoms with Crippen LogP contribution in [-0.4, -0.2) is 29.9 Å². The topological polar surface area (TPSA) is 54.6 Å². The average Bonchev–Trinajstić information content (AvgIpc) is 3.05. The summed E-state index contributed by atoms with van der Waals surface area (Å²) in [7, 11) is 0. The Labute approximate surface area is 144 Å². The Morgan fingerprint density at radius 2 is 2.04 bits per heavy atom. The van der Waals surface area contributed by atoms with Crippen LogP contribution in [0.4, 0.5) is 0 Å². The second-order valence-corrected chi connectivity index (χ2v) is 7.19. The zero-order valence-corrected chi connectivity index (χ0v) is 15.1. The van der Waals surface area contributed by atoms with Crippen LogP contribution in [0.15, 0.2) is 41.2 Å². The lowest BCUT2D eigenvalue weighted by molar-refractivity contribution is 0.100. The molecule has 1 unspecified atom stereocenters. The number of benzene rings is 1. The summed E-state index contributed by atoms with van der Waals surface area (Å²) in [5, 5.41) is 13.4. The van der Waals surface area contributed by atoms with Gasteiger partial charge in [-0.2, -0.15) is 0 Å². The van der Waals surface area contributed by atoms with E-state index in [0.717, 1.165) is 29.7 Å². The highest BCUT2D eigenvalue weighted by Crippen LogP contribution is 2.32. The summed E-state index contributed by atoms with van der Waals surface area (Å²) in [4.78, 5) is 0. The maximum atomic E-state index is 10.1. The van der Waals surface area contributed by atoms with Crippen molar-refractivity contribution in [2.24, 2.45) is 0 Å². The first kappa shape index (κ1) is 18.6. The molecule has 2 rings (SSSR count). The van der Waals surface area contributed by atoms with Crippen LogP contribution in [0.25, 0.3) is 11.1 Å². The smallest absolute Gasteiger partial charge is 0.127 e. The molecule has 0 amide bonds. The van der Waals surface area contributed by atoms with Crippen LogP contribution >= 0.6 is 0 Å². The van der Waals surface area contributed by atoms with Crippen molar-refractivity contribution in [1.82, 2.24) is 5.32 Å². The SMILES string of the molecule is CCCc1ccc(OCC(O)CNC(C)(C)C)c(-c2ccoc2)c1. The van der Waals surface area contributed by atoms with E-state index in [1.54, 1.807) is 12.5 Å². The van der Waals surface area contributed by atoms with Crippen molar-refractivity contribution < 1.29 is 14.3 Å². The fourth-order valence-corrected chi connectivity index (χ4v) is 2.46. The Morgan fingerprint density at radius 3 is 2.67 bits per heavy atom. The van der Waals surface area contributed by atoms with Gasteiger partial charge in [-0.05, 0) is 51.0 Å². The van der Waals surface area contributed by atoms with Gasteiger partial charge in [0, 0.05) is 23.2 Å². The number of furan rings is 1. The second-order valence-electron chi connectivity index (χ2n) is 7.19. The summed E-state index contributed by atoms with van der Waals surface area (Å²) in [5.74, 6) is 0.770. The van der Waals surface area contributed by atoms with Gasteiger partial charge < -0.3 is 19.6 Å².